The van der Waals surface area contributed by atoms with Gasteiger partial charge in [0.05, 0.1) is 16.8 Å². The van der Waals surface area contributed by atoms with E-state index < -0.39 is 10.0 Å². The van der Waals surface area contributed by atoms with Crippen molar-refractivity contribution >= 4 is 27.2 Å². The topological polar surface area (TPSA) is 63.4 Å². The van der Waals surface area contributed by atoms with Gasteiger partial charge in [0.15, 0.2) is 0 Å². The minimum Gasteiger partial charge on any atom is -0.392 e. The monoisotopic (exact) mass is 250 g/mol. The van der Waals surface area contributed by atoms with E-state index in [4.69, 9.17) is 18.0 Å². The third kappa shape index (κ3) is 3.12. The lowest BCUT2D eigenvalue weighted by Gasteiger charge is -2.23. The highest BCUT2D eigenvalue weighted by Crippen LogP contribution is 2.22. The van der Waals surface area contributed by atoms with Crippen LogP contribution in [0.5, 0.6) is 0 Å². The summed E-state index contributed by atoms with van der Waals surface area (Å²) < 4.78 is 25.4. The summed E-state index contributed by atoms with van der Waals surface area (Å²) in [6.07, 6.45) is 1.60. The number of nitrogens with two attached hydrogens (primary N) is 1. The maximum atomic E-state index is 12.0. The van der Waals surface area contributed by atoms with Crippen LogP contribution in [0.2, 0.25) is 0 Å². The van der Waals surface area contributed by atoms with Crippen molar-refractivity contribution < 1.29 is 8.42 Å². The maximum Gasteiger partial charge on any atom is 0.214 e. The van der Waals surface area contributed by atoms with Crippen LogP contribution in [0.3, 0.4) is 0 Å². The summed E-state index contributed by atoms with van der Waals surface area (Å²) in [5.41, 5.74) is 5.54. The van der Waals surface area contributed by atoms with Crippen LogP contribution in [0.25, 0.3) is 0 Å². The minimum absolute atomic E-state index is 0.127. The lowest BCUT2D eigenvalue weighted by atomic mass is 10.2. The zero-order valence-electron chi connectivity index (χ0n) is 9.14. The Hall–Kier alpha value is -0.200. The van der Waals surface area contributed by atoms with Gasteiger partial charge in [0.1, 0.15) is 0 Å². The van der Waals surface area contributed by atoms with E-state index in [0.29, 0.717) is 11.5 Å². The van der Waals surface area contributed by atoms with Gasteiger partial charge in [-0.15, -0.1) is 0 Å². The lowest BCUT2D eigenvalue weighted by molar-refractivity contribution is 0.440. The molecule has 1 heterocycles. The molecule has 0 spiro atoms. The van der Waals surface area contributed by atoms with Gasteiger partial charge in [-0.25, -0.2) is 8.42 Å². The van der Waals surface area contributed by atoms with Crippen molar-refractivity contribution in [3.63, 3.8) is 0 Å². The quantitative estimate of drug-likeness (QED) is 0.747. The number of thiocarbonyl (C=S) groups is 1. The van der Waals surface area contributed by atoms with Gasteiger partial charge in [-0.3, -0.25) is 0 Å². The molecule has 88 valence electrons. The summed E-state index contributed by atoms with van der Waals surface area (Å²) >= 11 is 4.89. The molecule has 1 rings (SSSR count). The second-order valence-corrected chi connectivity index (χ2v) is 6.78. The average molecular weight is 250 g/mol. The molecule has 0 aromatic carbocycles. The standard InChI is InChI=1S/C9H18N2O2S2/c1-7(2)6-15(12,13)11-5-3-4-8(11)9(10)14/h7-8H,3-6H2,1-2H3,(H2,10,14). The van der Waals surface area contributed by atoms with Gasteiger partial charge in [0.2, 0.25) is 10.0 Å². The van der Waals surface area contributed by atoms with Crippen molar-refractivity contribution in [2.75, 3.05) is 12.3 Å². The van der Waals surface area contributed by atoms with Crippen LogP contribution in [0.1, 0.15) is 26.7 Å². The first-order chi connectivity index (χ1) is 6.84. The summed E-state index contributed by atoms with van der Waals surface area (Å²) in [7, 11) is -3.19. The molecule has 1 atom stereocenters. The second kappa shape index (κ2) is 4.76. The van der Waals surface area contributed by atoms with Crippen LogP contribution in [-0.2, 0) is 10.0 Å². The number of rotatable bonds is 4. The van der Waals surface area contributed by atoms with Crippen molar-refractivity contribution in [2.24, 2.45) is 11.7 Å². The molecule has 6 heteroatoms. The fourth-order valence-electron chi connectivity index (χ4n) is 1.87. The molecule has 1 fully saturated rings. The number of hydrogen-bond acceptors (Lipinski definition) is 3. The van der Waals surface area contributed by atoms with Gasteiger partial charge in [-0.05, 0) is 18.8 Å². The molecule has 1 saturated heterocycles. The predicted molar refractivity (Wildman–Crippen MR) is 65.1 cm³/mol. The SMILES string of the molecule is CC(C)CS(=O)(=O)N1CCCC1C(N)=S. The number of hydrogen-bond donors (Lipinski definition) is 1. The third-order valence-corrected chi connectivity index (χ3v) is 4.94. The van der Waals surface area contributed by atoms with Crippen LogP contribution in [0, 0.1) is 5.92 Å². The second-order valence-electron chi connectivity index (χ2n) is 4.34. The molecular formula is C9H18N2O2S2. The highest BCUT2D eigenvalue weighted by Gasteiger charge is 2.35. The van der Waals surface area contributed by atoms with Crippen LogP contribution >= 0.6 is 12.2 Å². The van der Waals surface area contributed by atoms with E-state index in [1.807, 2.05) is 13.8 Å². The van der Waals surface area contributed by atoms with Gasteiger partial charge in [-0.2, -0.15) is 4.31 Å². The highest BCUT2D eigenvalue weighted by molar-refractivity contribution is 7.89. The molecule has 2 N–H and O–H groups in total. The Bertz CT molecular complexity index is 338. The molecule has 4 nitrogen and oxygen atoms in total. The van der Waals surface area contributed by atoms with Crippen molar-refractivity contribution in [3.05, 3.63) is 0 Å². The van der Waals surface area contributed by atoms with E-state index >= 15 is 0 Å². The van der Waals surface area contributed by atoms with Crippen LogP contribution in [0.15, 0.2) is 0 Å². The van der Waals surface area contributed by atoms with Gasteiger partial charge in [0.25, 0.3) is 0 Å². The van der Waals surface area contributed by atoms with Gasteiger partial charge in [0, 0.05) is 6.54 Å². The molecule has 0 aromatic rings. The fraction of sp³-hybridized carbons (Fsp3) is 0.889. The van der Waals surface area contributed by atoms with E-state index in [0.717, 1.165) is 12.8 Å². The molecule has 0 saturated carbocycles. The Morgan fingerprint density at radius 1 is 1.60 bits per heavy atom. The smallest absolute Gasteiger partial charge is 0.214 e. The fourth-order valence-corrected chi connectivity index (χ4v) is 4.23. The number of nitrogens with zero attached hydrogens (tertiary/aromatic N) is 1. The molecule has 1 aliphatic heterocycles. The lowest BCUT2D eigenvalue weighted by Crippen LogP contribution is -2.44. The van der Waals surface area contributed by atoms with E-state index in [1.54, 1.807) is 0 Å². The van der Waals surface area contributed by atoms with Gasteiger partial charge in [-0.1, -0.05) is 26.1 Å². The van der Waals surface area contributed by atoms with Gasteiger partial charge >= 0.3 is 0 Å². The summed E-state index contributed by atoms with van der Waals surface area (Å²) in [6.45, 7) is 4.34. The Morgan fingerprint density at radius 3 is 2.67 bits per heavy atom. The molecule has 0 aromatic heterocycles. The van der Waals surface area contributed by atoms with Gasteiger partial charge < -0.3 is 5.73 Å². The minimum atomic E-state index is -3.19. The normalized spacial score (nSPS) is 23.5. The molecule has 0 radical (unpaired) electrons. The van der Waals surface area contributed by atoms with Crippen molar-refractivity contribution in [1.29, 1.82) is 0 Å². The van der Waals surface area contributed by atoms with E-state index in [2.05, 4.69) is 0 Å². The summed E-state index contributed by atoms with van der Waals surface area (Å²) in [4.78, 5) is 0.292. The molecule has 15 heavy (non-hydrogen) atoms. The highest BCUT2D eigenvalue weighted by atomic mass is 32.2. The first-order valence-corrected chi connectivity index (χ1v) is 7.15. The zero-order valence-corrected chi connectivity index (χ0v) is 10.8. The first-order valence-electron chi connectivity index (χ1n) is 5.13. The Kier molecular flexibility index (Phi) is 4.08. The summed E-state index contributed by atoms with van der Waals surface area (Å²) in [5, 5.41) is 0. The molecule has 0 aliphatic carbocycles. The van der Waals surface area contributed by atoms with E-state index in [-0.39, 0.29) is 17.7 Å². The molecule has 0 bridgehead atoms. The largest absolute Gasteiger partial charge is 0.392 e. The third-order valence-electron chi connectivity index (χ3n) is 2.43. The number of sulfonamides is 1. The molecular weight excluding hydrogens is 232 g/mol. The van der Waals surface area contributed by atoms with Crippen molar-refractivity contribution in [3.8, 4) is 0 Å². The maximum absolute atomic E-state index is 12.0. The molecule has 1 aliphatic rings. The van der Waals surface area contributed by atoms with Crippen LogP contribution < -0.4 is 5.73 Å². The Morgan fingerprint density at radius 2 is 2.20 bits per heavy atom. The Balaban J connectivity index is 2.82. The van der Waals surface area contributed by atoms with E-state index in [9.17, 15) is 8.42 Å². The summed E-state index contributed by atoms with van der Waals surface area (Å²) in [6, 6.07) is -0.260. The Labute approximate surface area is 96.9 Å². The van der Waals surface area contributed by atoms with Crippen LogP contribution in [-0.4, -0.2) is 36.1 Å². The van der Waals surface area contributed by atoms with Crippen molar-refractivity contribution in [2.45, 2.75) is 32.7 Å². The predicted octanol–water partition coefficient (Wildman–Crippen LogP) is 0.723. The summed E-state index contributed by atoms with van der Waals surface area (Å²) in [5.74, 6) is 0.300. The van der Waals surface area contributed by atoms with Crippen molar-refractivity contribution in [1.82, 2.24) is 4.31 Å². The van der Waals surface area contributed by atoms with Crippen LogP contribution in [0.4, 0.5) is 0 Å². The molecule has 0 amide bonds. The first kappa shape index (κ1) is 12.9. The van der Waals surface area contributed by atoms with E-state index in [1.165, 1.54) is 4.31 Å². The zero-order chi connectivity index (χ0) is 11.6. The molecule has 1 unspecified atom stereocenters. The average Bonchev–Trinajstić information content (AvgIpc) is 2.48.